The zero-order chi connectivity index (χ0) is 18.4. The van der Waals surface area contributed by atoms with Crippen LogP contribution in [0.2, 0.25) is 0 Å². The standard InChI is InChI=1S/C22H26N2O2/c1-2-3-15-24-20-12-11-19(16-18(20)10-14-22(24)26)23-21(25)13-9-17-7-5-4-6-8-17/h4-8,11-12,16H,2-3,9-10,13-15H2,1H3,(H,23,25). The van der Waals surface area contributed by atoms with Crippen molar-refractivity contribution in [3.8, 4) is 0 Å². The molecule has 3 rings (SSSR count). The fourth-order valence-corrected chi connectivity index (χ4v) is 3.33. The average molecular weight is 350 g/mol. The van der Waals surface area contributed by atoms with Gasteiger partial charge < -0.3 is 10.2 Å². The maximum absolute atomic E-state index is 12.2. The van der Waals surface area contributed by atoms with Crippen LogP contribution >= 0.6 is 0 Å². The molecule has 0 saturated carbocycles. The minimum absolute atomic E-state index is 0.0172. The van der Waals surface area contributed by atoms with E-state index in [-0.39, 0.29) is 11.8 Å². The number of aryl methyl sites for hydroxylation is 2. The maximum atomic E-state index is 12.2. The Balaban J connectivity index is 1.63. The van der Waals surface area contributed by atoms with Crippen LogP contribution in [0.25, 0.3) is 0 Å². The Hall–Kier alpha value is -2.62. The summed E-state index contributed by atoms with van der Waals surface area (Å²) in [5.74, 6) is 0.217. The lowest BCUT2D eigenvalue weighted by Crippen LogP contribution is -2.35. The van der Waals surface area contributed by atoms with Gasteiger partial charge in [-0.15, -0.1) is 0 Å². The van der Waals surface area contributed by atoms with Crippen LogP contribution in [-0.4, -0.2) is 18.4 Å². The second-order valence-corrected chi connectivity index (χ2v) is 6.78. The minimum atomic E-state index is 0.0172. The van der Waals surface area contributed by atoms with Crippen molar-refractivity contribution < 1.29 is 9.59 Å². The molecule has 0 atom stereocenters. The van der Waals surface area contributed by atoms with Crippen LogP contribution in [0.3, 0.4) is 0 Å². The van der Waals surface area contributed by atoms with Gasteiger partial charge in [-0.3, -0.25) is 9.59 Å². The average Bonchev–Trinajstić information content (AvgIpc) is 2.66. The number of unbranched alkanes of at least 4 members (excludes halogenated alkanes) is 1. The van der Waals surface area contributed by atoms with Crippen molar-refractivity contribution >= 4 is 23.2 Å². The third-order valence-electron chi connectivity index (χ3n) is 4.78. The Morgan fingerprint density at radius 2 is 1.92 bits per heavy atom. The highest BCUT2D eigenvalue weighted by Gasteiger charge is 2.23. The topological polar surface area (TPSA) is 49.4 Å². The molecule has 2 amide bonds. The summed E-state index contributed by atoms with van der Waals surface area (Å²) in [5.41, 5.74) is 4.11. The summed E-state index contributed by atoms with van der Waals surface area (Å²) in [6.45, 7) is 2.90. The molecule has 2 aromatic rings. The van der Waals surface area contributed by atoms with Gasteiger partial charge in [-0.1, -0.05) is 43.7 Å². The molecule has 0 radical (unpaired) electrons. The van der Waals surface area contributed by atoms with E-state index in [9.17, 15) is 9.59 Å². The molecule has 1 heterocycles. The number of hydrogen-bond acceptors (Lipinski definition) is 2. The lowest BCUT2D eigenvalue weighted by Gasteiger charge is -2.29. The van der Waals surface area contributed by atoms with Crippen LogP contribution in [0.4, 0.5) is 11.4 Å². The van der Waals surface area contributed by atoms with Crippen LogP contribution in [0, 0.1) is 0 Å². The summed E-state index contributed by atoms with van der Waals surface area (Å²) >= 11 is 0. The molecule has 1 aliphatic rings. The van der Waals surface area contributed by atoms with E-state index in [4.69, 9.17) is 0 Å². The Bertz CT molecular complexity index is 771. The fourth-order valence-electron chi connectivity index (χ4n) is 3.33. The first-order valence-electron chi connectivity index (χ1n) is 9.44. The summed E-state index contributed by atoms with van der Waals surface area (Å²) < 4.78 is 0. The van der Waals surface area contributed by atoms with E-state index < -0.39 is 0 Å². The van der Waals surface area contributed by atoms with Gasteiger partial charge in [-0.05, 0) is 48.6 Å². The summed E-state index contributed by atoms with van der Waals surface area (Å²) in [4.78, 5) is 26.3. The highest BCUT2D eigenvalue weighted by atomic mass is 16.2. The van der Waals surface area contributed by atoms with Gasteiger partial charge in [0.1, 0.15) is 0 Å². The number of anilines is 2. The van der Waals surface area contributed by atoms with E-state index in [0.29, 0.717) is 12.8 Å². The molecule has 136 valence electrons. The van der Waals surface area contributed by atoms with Crippen molar-refractivity contribution in [3.63, 3.8) is 0 Å². The molecule has 0 aromatic heterocycles. The number of carbonyl (C=O) groups excluding carboxylic acids is 2. The molecule has 0 saturated heterocycles. The van der Waals surface area contributed by atoms with Crippen LogP contribution in [0.5, 0.6) is 0 Å². The van der Waals surface area contributed by atoms with Gasteiger partial charge in [0.15, 0.2) is 0 Å². The van der Waals surface area contributed by atoms with E-state index >= 15 is 0 Å². The molecule has 1 N–H and O–H groups in total. The molecule has 4 nitrogen and oxygen atoms in total. The van der Waals surface area contributed by atoms with Crippen LogP contribution in [0.1, 0.15) is 43.7 Å². The Morgan fingerprint density at radius 1 is 1.12 bits per heavy atom. The number of nitrogens with zero attached hydrogens (tertiary/aromatic N) is 1. The Kier molecular flexibility index (Phi) is 6.05. The highest BCUT2D eigenvalue weighted by Crippen LogP contribution is 2.30. The van der Waals surface area contributed by atoms with Gasteiger partial charge >= 0.3 is 0 Å². The first-order chi connectivity index (χ1) is 12.7. The second kappa shape index (κ2) is 8.65. The predicted octanol–water partition coefficient (Wildman–Crippen LogP) is 4.34. The quantitative estimate of drug-likeness (QED) is 0.808. The highest BCUT2D eigenvalue weighted by molar-refractivity contribution is 5.97. The van der Waals surface area contributed by atoms with E-state index in [1.807, 2.05) is 53.4 Å². The number of rotatable bonds is 7. The van der Waals surface area contributed by atoms with Gasteiger partial charge in [-0.2, -0.15) is 0 Å². The minimum Gasteiger partial charge on any atom is -0.326 e. The molecule has 2 aromatic carbocycles. The number of carbonyl (C=O) groups is 2. The molecule has 0 aliphatic carbocycles. The van der Waals surface area contributed by atoms with Crippen molar-refractivity contribution in [2.75, 3.05) is 16.8 Å². The third-order valence-corrected chi connectivity index (χ3v) is 4.78. The lowest BCUT2D eigenvalue weighted by molar-refractivity contribution is -0.119. The molecule has 0 fully saturated rings. The second-order valence-electron chi connectivity index (χ2n) is 6.78. The predicted molar refractivity (Wildman–Crippen MR) is 105 cm³/mol. The van der Waals surface area contributed by atoms with E-state index in [2.05, 4.69) is 12.2 Å². The number of nitrogens with one attached hydrogen (secondary N) is 1. The van der Waals surface area contributed by atoms with Crippen molar-refractivity contribution in [1.82, 2.24) is 0 Å². The van der Waals surface area contributed by atoms with Crippen LogP contribution in [-0.2, 0) is 22.4 Å². The SMILES string of the molecule is CCCCN1C(=O)CCc2cc(NC(=O)CCc3ccccc3)ccc21. The van der Waals surface area contributed by atoms with Crippen molar-refractivity contribution in [3.05, 3.63) is 59.7 Å². The maximum Gasteiger partial charge on any atom is 0.227 e. The monoisotopic (exact) mass is 350 g/mol. The van der Waals surface area contributed by atoms with Crippen molar-refractivity contribution in [2.45, 2.75) is 45.4 Å². The molecular weight excluding hydrogens is 324 g/mol. The first-order valence-corrected chi connectivity index (χ1v) is 9.44. The molecular formula is C22H26N2O2. The Morgan fingerprint density at radius 3 is 2.69 bits per heavy atom. The van der Waals surface area contributed by atoms with E-state index in [0.717, 1.165) is 54.7 Å². The largest absolute Gasteiger partial charge is 0.326 e. The fraction of sp³-hybridized carbons (Fsp3) is 0.364. The summed E-state index contributed by atoms with van der Waals surface area (Å²) in [5, 5.41) is 2.99. The molecule has 0 bridgehead atoms. The zero-order valence-electron chi connectivity index (χ0n) is 15.3. The third kappa shape index (κ3) is 4.51. The summed E-state index contributed by atoms with van der Waals surface area (Å²) in [7, 11) is 0. The number of amides is 2. The molecule has 0 spiro atoms. The van der Waals surface area contributed by atoms with Gasteiger partial charge in [0.05, 0.1) is 0 Å². The molecule has 0 unspecified atom stereocenters. The first kappa shape index (κ1) is 18.2. The van der Waals surface area contributed by atoms with Gasteiger partial charge in [0, 0.05) is 30.8 Å². The van der Waals surface area contributed by atoms with Gasteiger partial charge in [-0.25, -0.2) is 0 Å². The Labute approximate surface area is 155 Å². The van der Waals surface area contributed by atoms with Crippen molar-refractivity contribution in [1.29, 1.82) is 0 Å². The molecule has 26 heavy (non-hydrogen) atoms. The van der Waals surface area contributed by atoms with Gasteiger partial charge in [0.25, 0.3) is 0 Å². The molecule has 4 heteroatoms. The van der Waals surface area contributed by atoms with Crippen LogP contribution in [0.15, 0.2) is 48.5 Å². The summed E-state index contributed by atoms with van der Waals surface area (Å²) in [6.07, 6.45) is 4.55. The van der Waals surface area contributed by atoms with Crippen LogP contribution < -0.4 is 10.2 Å². The lowest BCUT2D eigenvalue weighted by atomic mass is 10.00. The van der Waals surface area contributed by atoms with Gasteiger partial charge in [0.2, 0.25) is 11.8 Å². The number of fused-ring (bicyclic) bond motifs is 1. The van der Waals surface area contributed by atoms with Crippen molar-refractivity contribution in [2.24, 2.45) is 0 Å². The normalized spacial score (nSPS) is 13.4. The number of benzene rings is 2. The molecule has 1 aliphatic heterocycles. The zero-order valence-corrected chi connectivity index (χ0v) is 15.3. The van der Waals surface area contributed by atoms with E-state index in [1.54, 1.807) is 0 Å². The smallest absolute Gasteiger partial charge is 0.227 e. The van der Waals surface area contributed by atoms with E-state index in [1.165, 1.54) is 0 Å². The number of hydrogen-bond donors (Lipinski definition) is 1. The summed E-state index contributed by atoms with van der Waals surface area (Å²) in [6, 6.07) is 15.9.